The van der Waals surface area contributed by atoms with Crippen LogP contribution in [0.4, 0.5) is 5.69 Å². The summed E-state index contributed by atoms with van der Waals surface area (Å²) in [5.74, 6) is -0.222. The van der Waals surface area contributed by atoms with Crippen molar-refractivity contribution in [2.45, 2.75) is 72.1 Å². The first-order valence-electron chi connectivity index (χ1n) is 14.1. The second kappa shape index (κ2) is 13.6. The Morgan fingerprint density at radius 2 is 1.88 bits per heavy atom. The molecule has 1 aliphatic rings. The number of aromatic nitrogens is 2. The summed E-state index contributed by atoms with van der Waals surface area (Å²) in [6, 6.07) is 4.71. The van der Waals surface area contributed by atoms with Crippen LogP contribution in [0.2, 0.25) is 10.0 Å². The average Bonchev–Trinajstić information content (AvgIpc) is 3.48. The smallest absolute Gasteiger partial charge is 0.335 e. The molecule has 9 heteroatoms. The fraction of sp³-hybridized carbons (Fsp3) is 0.452. The molecule has 2 aromatic carbocycles. The second-order valence-corrected chi connectivity index (χ2v) is 11.2. The maximum absolute atomic E-state index is 13.8. The van der Waals surface area contributed by atoms with Crippen molar-refractivity contribution in [2.24, 2.45) is 11.8 Å². The summed E-state index contributed by atoms with van der Waals surface area (Å²) in [6.07, 6.45) is 11.1. The molecule has 0 saturated heterocycles. The van der Waals surface area contributed by atoms with Crippen molar-refractivity contribution in [1.82, 2.24) is 9.97 Å². The molecule has 3 aromatic rings. The lowest BCUT2D eigenvalue weighted by Gasteiger charge is -2.28. The molecule has 1 aromatic heterocycles. The first-order chi connectivity index (χ1) is 19.3. The molecule has 3 N–H and O–H groups in total. The van der Waals surface area contributed by atoms with Crippen LogP contribution in [-0.4, -0.2) is 33.6 Å². The SMILES string of the molecule is CCCCOc1cc(C(=O)O)ccc1-c1c(Cl)c(CC)c(Cl)c(-c2ncc[nH]2)c1NC(=O)C(C)C1CCCCC1. The number of hydrogen-bond donors (Lipinski definition) is 3. The van der Waals surface area contributed by atoms with Crippen molar-refractivity contribution >= 4 is 40.8 Å². The lowest BCUT2D eigenvalue weighted by atomic mass is 9.80. The van der Waals surface area contributed by atoms with E-state index < -0.39 is 5.97 Å². The molecule has 0 spiro atoms. The van der Waals surface area contributed by atoms with Gasteiger partial charge in [-0.1, -0.05) is 69.7 Å². The number of carboxylic acids is 1. The van der Waals surface area contributed by atoms with Gasteiger partial charge in [0.05, 0.1) is 33.5 Å². The Balaban J connectivity index is 1.95. The highest BCUT2D eigenvalue weighted by atomic mass is 35.5. The number of carbonyl (C=O) groups excluding carboxylic acids is 1. The monoisotopic (exact) mass is 585 g/mol. The van der Waals surface area contributed by atoms with E-state index >= 15 is 0 Å². The van der Waals surface area contributed by atoms with Crippen molar-refractivity contribution < 1.29 is 19.4 Å². The first-order valence-corrected chi connectivity index (χ1v) is 14.9. The Labute approximate surface area is 245 Å². The van der Waals surface area contributed by atoms with Crippen LogP contribution in [0.15, 0.2) is 30.6 Å². The maximum Gasteiger partial charge on any atom is 0.335 e. The number of amides is 1. The number of rotatable bonds is 11. The highest BCUT2D eigenvalue weighted by Gasteiger charge is 2.31. The van der Waals surface area contributed by atoms with Gasteiger partial charge >= 0.3 is 5.97 Å². The van der Waals surface area contributed by atoms with E-state index in [0.717, 1.165) is 38.5 Å². The number of nitrogens with one attached hydrogen (secondary N) is 2. The van der Waals surface area contributed by atoms with E-state index in [0.29, 0.717) is 68.5 Å². The normalized spacial score (nSPS) is 14.6. The van der Waals surface area contributed by atoms with Crippen molar-refractivity contribution in [3.8, 4) is 28.3 Å². The van der Waals surface area contributed by atoms with Crippen molar-refractivity contribution in [2.75, 3.05) is 11.9 Å². The van der Waals surface area contributed by atoms with Gasteiger partial charge in [0, 0.05) is 29.4 Å². The minimum atomic E-state index is -1.06. The van der Waals surface area contributed by atoms with Crippen LogP contribution in [0, 0.1) is 11.8 Å². The molecule has 4 rings (SSSR count). The Morgan fingerprint density at radius 1 is 1.15 bits per heavy atom. The number of nitrogens with zero attached hydrogens (tertiary/aromatic N) is 1. The number of imidazole rings is 1. The summed E-state index contributed by atoms with van der Waals surface area (Å²) in [4.78, 5) is 33.2. The third-order valence-corrected chi connectivity index (χ3v) is 8.66. The third kappa shape index (κ3) is 6.31. The van der Waals surface area contributed by atoms with E-state index in [1.807, 2.05) is 13.8 Å². The summed E-state index contributed by atoms with van der Waals surface area (Å²) in [5, 5.41) is 13.6. The molecular weight excluding hydrogens is 549 g/mol. The zero-order valence-corrected chi connectivity index (χ0v) is 24.8. The Bertz CT molecular complexity index is 1350. The molecule has 1 aliphatic carbocycles. The van der Waals surface area contributed by atoms with Crippen LogP contribution in [0.1, 0.15) is 81.6 Å². The summed E-state index contributed by atoms with van der Waals surface area (Å²) in [7, 11) is 0. The molecule has 40 heavy (non-hydrogen) atoms. The lowest BCUT2D eigenvalue weighted by Crippen LogP contribution is -2.29. The number of anilines is 1. The molecule has 0 radical (unpaired) electrons. The van der Waals surface area contributed by atoms with Crippen molar-refractivity contribution in [1.29, 1.82) is 0 Å². The van der Waals surface area contributed by atoms with E-state index in [4.69, 9.17) is 27.9 Å². The topological polar surface area (TPSA) is 104 Å². The Hall–Kier alpha value is -3.03. The quantitative estimate of drug-likeness (QED) is 0.195. The molecule has 1 amide bonds. The molecule has 1 fully saturated rings. The molecule has 1 saturated carbocycles. The third-order valence-electron chi connectivity index (χ3n) is 7.83. The molecule has 1 heterocycles. The minimum Gasteiger partial charge on any atom is -0.493 e. The number of benzene rings is 2. The van der Waals surface area contributed by atoms with E-state index in [2.05, 4.69) is 22.2 Å². The van der Waals surface area contributed by atoms with Gasteiger partial charge in [0.1, 0.15) is 11.6 Å². The number of ether oxygens (including phenoxy) is 1. The predicted molar refractivity (Wildman–Crippen MR) is 161 cm³/mol. The average molecular weight is 587 g/mol. The highest BCUT2D eigenvalue weighted by molar-refractivity contribution is 6.41. The van der Waals surface area contributed by atoms with Crippen molar-refractivity contribution in [3.05, 3.63) is 51.8 Å². The Kier molecular flexibility index (Phi) is 10.1. The van der Waals surface area contributed by atoms with Crippen molar-refractivity contribution in [3.63, 3.8) is 0 Å². The van der Waals surface area contributed by atoms with Crippen LogP contribution in [0.25, 0.3) is 22.5 Å². The number of halogens is 2. The van der Waals surface area contributed by atoms with Crippen LogP contribution >= 0.6 is 23.2 Å². The highest BCUT2D eigenvalue weighted by Crippen LogP contribution is 2.50. The van der Waals surface area contributed by atoms with Gasteiger partial charge in [-0.3, -0.25) is 4.79 Å². The first kappa shape index (κ1) is 29.9. The van der Waals surface area contributed by atoms with Crippen LogP contribution in [0.5, 0.6) is 5.75 Å². The van der Waals surface area contributed by atoms with E-state index in [1.165, 1.54) is 18.6 Å². The van der Waals surface area contributed by atoms with E-state index in [-0.39, 0.29) is 17.4 Å². The number of hydrogen-bond acceptors (Lipinski definition) is 4. The largest absolute Gasteiger partial charge is 0.493 e. The van der Waals surface area contributed by atoms with Gasteiger partial charge in [0.25, 0.3) is 0 Å². The zero-order chi connectivity index (χ0) is 28.8. The molecule has 1 atom stereocenters. The van der Waals surface area contributed by atoms with Gasteiger partial charge in [-0.05, 0) is 55.4 Å². The van der Waals surface area contributed by atoms with Gasteiger partial charge in [-0.15, -0.1) is 0 Å². The summed E-state index contributed by atoms with van der Waals surface area (Å²) < 4.78 is 6.12. The molecule has 0 bridgehead atoms. The summed E-state index contributed by atoms with van der Waals surface area (Å²) in [5.41, 5.74) is 2.86. The van der Waals surface area contributed by atoms with Gasteiger partial charge in [0.15, 0.2) is 0 Å². The van der Waals surface area contributed by atoms with Gasteiger partial charge in [-0.2, -0.15) is 0 Å². The Morgan fingerprint density at radius 3 is 2.50 bits per heavy atom. The molecule has 0 aliphatic heterocycles. The fourth-order valence-electron chi connectivity index (χ4n) is 5.45. The summed E-state index contributed by atoms with van der Waals surface area (Å²) in [6.45, 7) is 6.39. The number of carboxylic acid groups (broad SMARTS) is 1. The molecular formula is C31H37Cl2N3O4. The lowest BCUT2D eigenvalue weighted by molar-refractivity contribution is -0.121. The predicted octanol–water partition coefficient (Wildman–Crippen LogP) is 8.64. The summed E-state index contributed by atoms with van der Waals surface area (Å²) >= 11 is 14.1. The minimum absolute atomic E-state index is 0.0961. The van der Waals surface area contributed by atoms with Gasteiger partial charge in [0.2, 0.25) is 5.91 Å². The van der Waals surface area contributed by atoms with Crippen LogP contribution < -0.4 is 10.1 Å². The number of aromatic carboxylic acids is 1. The molecule has 1 unspecified atom stereocenters. The van der Waals surface area contributed by atoms with Gasteiger partial charge in [-0.25, -0.2) is 9.78 Å². The van der Waals surface area contributed by atoms with Gasteiger partial charge < -0.3 is 20.1 Å². The standard InChI is InChI=1S/C31H37Cl2N3O4/c1-4-6-16-40-23-17-20(31(38)39)12-13-22(23)24-26(32)21(5-2)27(33)25(29-34-14-15-35-29)28(24)36-30(37)18(3)19-10-8-7-9-11-19/h12-15,17-19H,4-11,16H2,1-3H3,(H,34,35)(H,36,37)(H,38,39). The molecule has 7 nitrogen and oxygen atoms in total. The number of carbonyl (C=O) groups is 2. The van der Waals surface area contributed by atoms with E-state index in [9.17, 15) is 14.7 Å². The zero-order valence-electron chi connectivity index (χ0n) is 23.3. The molecule has 214 valence electrons. The van der Waals surface area contributed by atoms with Crippen LogP contribution in [-0.2, 0) is 11.2 Å². The maximum atomic E-state index is 13.8. The number of H-pyrrole nitrogens is 1. The van der Waals surface area contributed by atoms with Crippen LogP contribution in [0.3, 0.4) is 0 Å². The second-order valence-electron chi connectivity index (χ2n) is 10.4. The number of unbranched alkanes of at least 4 members (excludes halogenated alkanes) is 1. The van der Waals surface area contributed by atoms with E-state index in [1.54, 1.807) is 18.5 Å². The number of aromatic amines is 1. The fourth-order valence-corrected chi connectivity index (χ4v) is 6.33.